The van der Waals surface area contributed by atoms with Crippen molar-refractivity contribution in [1.29, 1.82) is 0 Å². The number of nitrogens with zero attached hydrogens (tertiary/aromatic N) is 4. The first-order valence-corrected chi connectivity index (χ1v) is 10.7. The average molecular weight is 509 g/mol. The Kier molecular flexibility index (Phi) is 6.59. The second kappa shape index (κ2) is 9.47. The van der Waals surface area contributed by atoms with Crippen LogP contribution in [0.1, 0.15) is 0 Å². The van der Waals surface area contributed by atoms with Crippen LogP contribution in [0.2, 0.25) is 5.02 Å². The number of benzene rings is 2. The van der Waals surface area contributed by atoms with Crippen molar-refractivity contribution in [2.75, 3.05) is 38.3 Å². The second-order valence-electron chi connectivity index (χ2n) is 7.77. The SMILES string of the molecule is COc1cccc(F)c1-c1c(Cl)cc2c(N3CCN(C(=O)O)CC3CO)c([N+](=O)[O-])cnc2c1F. The van der Waals surface area contributed by atoms with Crippen molar-refractivity contribution in [3.63, 3.8) is 0 Å². The van der Waals surface area contributed by atoms with E-state index in [1.165, 1.54) is 30.2 Å². The van der Waals surface area contributed by atoms with E-state index >= 15 is 4.39 Å². The highest BCUT2D eigenvalue weighted by molar-refractivity contribution is 6.34. The molecule has 13 heteroatoms. The Bertz CT molecular complexity index is 1340. The topological polar surface area (TPSA) is 129 Å². The number of methoxy groups -OCH3 is 1. The van der Waals surface area contributed by atoms with Gasteiger partial charge in [-0.15, -0.1) is 0 Å². The third-order valence-corrected chi connectivity index (χ3v) is 6.20. The highest BCUT2D eigenvalue weighted by Crippen LogP contribution is 2.45. The van der Waals surface area contributed by atoms with Crippen LogP contribution in [0.4, 0.5) is 25.0 Å². The summed E-state index contributed by atoms with van der Waals surface area (Å²) in [5.41, 5.74) is -1.42. The van der Waals surface area contributed by atoms with Gasteiger partial charge in [-0.1, -0.05) is 17.7 Å². The van der Waals surface area contributed by atoms with Crippen LogP contribution in [0.15, 0.2) is 30.5 Å². The Balaban J connectivity index is 1.98. The minimum atomic E-state index is -1.20. The van der Waals surface area contributed by atoms with Crippen LogP contribution in [0.3, 0.4) is 0 Å². The van der Waals surface area contributed by atoms with E-state index in [9.17, 15) is 29.5 Å². The molecule has 1 unspecified atom stereocenters. The lowest BCUT2D eigenvalue weighted by Crippen LogP contribution is -2.56. The molecule has 1 saturated heterocycles. The molecule has 2 heterocycles. The van der Waals surface area contributed by atoms with Gasteiger partial charge in [-0.25, -0.2) is 18.6 Å². The van der Waals surface area contributed by atoms with E-state index in [4.69, 9.17) is 16.3 Å². The number of hydrogen-bond acceptors (Lipinski definition) is 7. The summed E-state index contributed by atoms with van der Waals surface area (Å²) < 4.78 is 35.7. The quantitative estimate of drug-likeness (QED) is 0.392. The van der Waals surface area contributed by atoms with Crippen molar-refractivity contribution < 1.29 is 33.4 Å². The number of ether oxygens (including phenoxy) is 1. The molecule has 1 aromatic heterocycles. The molecule has 10 nitrogen and oxygen atoms in total. The first-order valence-electron chi connectivity index (χ1n) is 10.3. The summed E-state index contributed by atoms with van der Waals surface area (Å²) in [6.07, 6.45) is -0.329. The van der Waals surface area contributed by atoms with Crippen molar-refractivity contribution in [2.45, 2.75) is 6.04 Å². The van der Waals surface area contributed by atoms with Crippen molar-refractivity contribution in [3.8, 4) is 16.9 Å². The normalized spacial score (nSPS) is 16.0. The lowest BCUT2D eigenvalue weighted by Gasteiger charge is -2.40. The summed E-state index contributed by atoms with van der Waals surface area (Å²) in [4.78, 5) is 29.0. The number of carbonyl (C=O) groups is 1. The fourth-order valence-electron chi connectivity index (χ4n) is 4.30. The Morgan fingerprint density at radius 1 is 1.34 bits per heavy atom. The number of halogens is 3. The van der Waals surface area contributed by atoms with Crippen LogP contribution in [0.25, 0.3) is 22.0 Å². The minimum Gasteiger partial charge on any atom is -0.496 e. The van der Waals surface area contributed by atoms with Gasteiger partial charge < -0.3 is 24.7 Å². The first-order chi connectivity index (χ1) is 16.7. The van der Waals surface area contributed by atoms with Crippen LogP contribution < -0.4 is 9.64 Å². The number of fused-ring (bicyclic) bond motifs is 1. The van der Waals surface area contributed by atoms with Gasteiger partial charge in [0.15, 0.2) is 5.82 Å². The fraction of sp³-hybridized carbons (Fsp3) is 0.273. The average Bonchev–Trinajstić information content (AvgIpc) is 2.83. The number of amides is 1. The summed E-state index contributed by atoms with van der Waals surface area (Å²) >= 11 is 6.41. The number of pyridine rings is 1. The van der Waals surface area contributed by atoms with Crippen molar-refractivity contribution in [2.24, 2.45) is 0 Å². The van der Waals surface area contributed by atoms with Crippen molar-refractivity contribution in [3.05, 3.63) is 57.2 Å². The van der Waals surface area contributed by atoms with E-state index < -0.39 is 41.0 Å². The molecule has 1 amide bonds. The van der Waals surface area contributed by atoms with Crippen LogP contribution in [-0.4, -0.2) is 70.5 Å². The van der Waals surface area contributed by atoms with Gasteiger partial charge in [0, 0.05) is 30.6 Å². The Hall–Kier alpha value is -3.77. The zero-order valence-electron chi connectivity index (χ0n) is 18.2. The molecule has 35 heavy (non-hydrogen) atoms. The van der Waals surface area contributed by atoms with Gasteiger partial charge in [-0.3, -0.25) is 10.1 Å². The molecular formula is C22H19ClF2N4O6. The van der Waals surface area contributed by atoms with Gasteiger partial charge in [-0.05, 0) is 18.2 Å². The number of aliphatic hydroxyl groups excluding tert-OH is 1. The molecule has 0 saturated carbocycles. The lowest BCUT2D eigenvalue weighted by molar-refractivity contribution is -0.384. The molecule has 0 radical (unpaired) electrons. The number of anilines is 1. The maximum Gasteiger partial charge on any atom is 0.407 e. The highest BCUT2D eigenvalue weighted by atomic mass is 35.5. The van der Waals surface area contributed by atoms with Gasteiger partial charge in [0.05, 0.1) is 35.3 Å². The number of rotatable bonds is 5. The van der Waals surface area contributed by atoms with E-state index in [1.54, 1.807) is 0 Å². The van der Waals surface area contributed by atoms with Crippen molar-refractivity contribution >= 4 is 40.0 Å². The summed E-state index contributed by atoms with van der Waals surface area (Å²) in [5, 5.41) is 30.8. The predicted octanol–water partition coefficient (Wildman–Crippen LogP) is 3.91. The van der Waals surface area contributed by atoms with E-state index in [-0.39, 0.29) is 58.1 Å². The third-order valence-electron chi connectivity index (χ3n) is 5.90. The van der Waals surface area contributed by atoms with Crippen LogP contribution in [0.5, 0.6) is 5.75 Å². The largest absolute Gasteiger partial charge is 0.496 e. The number of piperazine rings is 1. The lowest BCUT2D eigenvalue weighted by atomic mass is 9.99. The second-order valence-corrected chi connectivity index (χ2v) is 8.18. The summed E-state index contributed by atoms with van der Waals surface area (Å²) in [6, 6.07) is 4.32. The van der Waals surface area contributed by atoms with Crippen LogP contribution >= 0.6 is 11.6 Å². The molecule has 184 valence electrons. The van der Waals surface area contributed by atoms with Crippen LogP contribution in [0, 0.1) is 21.7 Å². The molecule has 0 spiro atoms. The molecule has 1 aliphatic heterocycles. The number of aromatic nitrogens is 1. The maximum atomic E-state index is 15.8. The minimum absolute atomic E-state index is 0.00642. The van der Waals surface area contributed by atoms with E-state index in [0.29, 0.717) is 0 Å². The maximum absolute atomic E-state index is 15.8. The molecule has 1 aliphatic rings. The Labute approximate surface area is 202 Å². The van der Waals surface area contributed by atoms with Crippen LogP contribution in [-0.2, 0) is 0 Å². The molecule has 4 rings (SSSR count). The monoisotopic (exact) mass is 508 g/mol. The molecule has 1 atom stereocenters. The zero-order chi connectivity index (χ0) is 25.4. The fourth-order valence-corrected chi connectivity index (χ4v) is 4.59. The molecular weight excluding hydrogens is 490 g/mol. The summed E-state index contributed by atoms with van der Waals surface area (Å²) in [5.74, 6) is -1.79. The number of carboxylic acid groups (broad SMARTS) is 1. The zero-order valence-corrected chi connectivity index (χ0v) is 19.0. The van der Waals surface area contributed by atoms with Gasteiger partial charge in [-0.2, -0.15) is 0 Å². The van der Waals surface area contributed by atoms with Gasteiger partial charge in [0.1, 0.15) is 29.0 Å². The highest BCUT2D eigenvalue weighted by Gasteiger charge is 2.35. The molecule has 2 N–H and O–H groups in total. The number of nitro groups is 1. The molecule has 3 aromatic rings. The summed E-state index contributed by atoms with van der Waals surface area (Å²) in [7, 11) is 1.29. The molecule has 0 aliphatic carbocycles. The predicted molar refractivity (Wildman–Crippen MR) is 123 cm³/mol. The standard InChI is InChI=1S/C22H19ClF2N4O6/c1-35-16-4-2-3-14(24)18(16)17-13(23)7-12-20(19(17)25)26-8-15(29(33)34)21(12)28-6-5-27(22(31)32)9-11(28)10-30/h2-4,7-8,11,30H,5-6,9-10H2,1H3,(H,31,32). The van der Waals surface area contributed by atoms with E-state index in [2.05, 4.69) is 4.98 Å². The van der Waals surface area contributed by atoms with Crippen molar-refractivity contribution in [1.82, 2.24) is 9.88 Å². The molecule has 0 bridgehead atoms. The molecule has 1 fully saturated rings. The third kappa shape index (κ3) is 4.15. The smallest absolute Gasteiger partial charge is 0.407 e. The Morgan fingerprint density at radius 2 is 2.09 bits per heavy atom. The first kappa shape index (κ1) is 24.4. The summed E-state index contributed by atoms with van der Waals surface area (Å²) in [6.45, 7) is -0.674. The Morgan fingerprint density at radius 3 is 2.71 bits per heavy atom. The van der Waals surface area contributed by atoms with E-state index in [1.807, 2.05) is 0 Å². The van der Waals surface area contributed by atoms with Gasteiger partial charge in [0.25, 0.3) is 0 Å². The number of hydrogen-bond donors (Lipinski definition) is 2. The molecule has 2 aromatic carbocycles. The van der Waals surface area contributed by atoms with E-state index in [0.717, 1.165) is 17.2 Å². The van der Waals surface area contributed by atoms with Gasteiger partial charge >= 0.3 is 11.8 Å². The van der Waals surface area contributed by atoms with Gasteiger partial charge in [0.2, 0.25) is 0 Å². The number of aliphatic hydroxyl groups is 1.